The molecule has 0 aliphatic carbocycles. The molecule has 76 valence electrons. The van der Waals surface area contributed by atoms with Crippen LogP contribution in [0.2, 0.25) is 5.02 Å². The van der Waals surface area contributed by atoms with Crippen molar-refractivity contribution < 1.29 is 0 Å². The van der Waals surface area contributed by atoms with Gasteiger partial charge in [-0.05, 0) is 24.3 Å². The van der Waals surface area contributed by atoms with Gasteiger partial charge in [0.1, 0.15) is 0 Å². The molecule has 3 heteroatoms. The van der Waals surface area contributed by atoms with Crippen LogP contribution in [-0.2, 0) is 13.0 Å². The number of hydrogen-bond acceptors (Lipinski definition) is 1. The Labute approximate surface area is 88.5 Å². The van der Waals surface area contributed by atoms with Crippen molar-refractivity contribution in [2.24, 2.45) is 0 Å². The van der Waals surface area contributed by atoms with Gasteiger partial charge in [-0.3, -0.25) is 4.79 Å². The van der Waals surface area contributed by atoms with Crippen LogP contribution >= 0.6 is 11.6 Å². The summed E-state index contributed by atoms with van der Waals surface area (Å²) in [4.78, 5) is 11.6. The molecule has 1 aliphatic rings. The van der Waals surface area contributed by atoms with Gasteiger partial charge >= 0.3 is 0 Å². The summed E-state index contributed by atoms with van der Waals surface area (Å²) in [5, 5.41) is 0.637. The first kappa shape index (κ1) is 9.78. The Kier molecular flexibility index (Phi) is 2.40. The smallest absolute Gasteiger partial charge is 0.252 e. The predicted molar refractivity (Wildman–Crippen MR) is 58.1 cm³/mol. The Balaban J connectivity index is 2.72. The number of nitrogens with zero attached hydrogens (tertiary/aromatic N) is 1. The van der Waals surface area contributed by atoms with E-state index in [4.69, 9.17) is 11.6 Å². The highest BCUT2D eigenvalue weighted by molar-refractivity contribution is 6.31. The van der Waals surface area contributed by atoms with Crippen molar-refractivity contribution in [3.05, 3.63) is 32.7 Å². The molecule has 1 aromatic heterocycles. The minimum absolute atomic E-state index is 0.0481. The van der Waals surface area contributed by atoms with Crippen molar-refractivity contribution in [2.45, 2.75) is 39.2 Å². The standard InChI is InChI=1S/C11H14ClNO/c1-7(2)11-8(12)6-10(14)13-5-3-4-9(11)13/h6-7H,3-5H2,1-2H3. The summed E-state index contributed by atoms with van der Waals surface area (Å²) in [6, 6.07) is 1.55. The number of fused-ring (bicyclic) bond motifs is 1. The average molecular weight is 212 g/mol. The zero-order valence-electron chi connectivity index (χ0n) is 8.51. The maximum atomic E-state index is 11.6. The first-order valence-corrected chi connectivity index (χ1v) is 5.41. The van der Waals surface area contributed by atoms with Crippen LogP contribution in [-0.4, -0.2) is 4.57 Å². The first-order valence-electron chi connectivity index (χ1n) is 5.03. The molecule has 0 spiro atoms. The quantitative estimate of drug-likeness (QED) is 0.700. The Morgan fingerprint density at radius 2 is 2.21 bits per heavy atom. The van der Waals surface area contributed by atoms with Gasteiger partial charge in [0.25, 0.3) is 5.56 Å². The normalized spacial score (nSPS) is 14.9. The lowest BCUT2D eigenvalue weighted by atomic mass is 10.0. The Morgan fingerprint density at radius 3 is 2.86 bits per heavy atom. The van der Waals surface area contributed by atoms with Gasteiger partial charge in [0.15, 0.2) is 0 Å². The number of hydrogen-bond donors (Lipinski definition) is 0. The van der Waals surface area contributed by atoms with Gasteiger partial charge in [-0.1, -0.05) is 25.4 Å². The Morgan fingerprint density at radius 1 is 1.50 bits per heavy atom. The first-order chi connectivity index (χ1) is 6.61. The summed E-state index contributed by atoms with van der Waals surface area (Å²) in [6.45, 7) is 5.08. The molecule has 0 fully saturated rings. The van der Waals surface area contributed by atoms with Crippen LogP contribution in [0.3, 0.4) is 0 Å². The van der Waals surface area contributed by atoms with Gasteiger partial charge in [0, 0.05) is 18.3 Å². The van der Waals surface area contributed by atoms with E-state index >= 15 is 0 Å². The molecule has 0 N–H and O–H groups in total. The van der Waals surface area contributed by atoms with Crippen molar-refractivity contribution >= 4 is 11.6 Å². The van der Waals surface area contributed by atoms with E-state index in [9.17, 15) is 4.79 Å². The molecular weight excluding hydrogens is 198 g/mol. The van der Waals surface area contributed by atoms with Gasteiger partial charge in [0.05, 0.1) is 5.02 Å². The van der Waals surface area contributed by atoms with E-state index < -0.39 is 0 Å². The van der Waals surface area contributed by atoms with E-state index in [0.29, 0.717) is 10.9 Å². The fraction of sp³-hybridized carbons (Fsp3) is 0.545. The van der Waals surface area contributed by atoms with E-state index in [1.165, 1.54) is 0 Å². The lowest BCUT2D eigenvalue weighted by Gasteiger charge is -2.14. The van der Waals surface area contributed by atoms with Crippen molar-refractivity contribution in [3.8, 4) is 0 Å². The average Bonchev–Trinajstić information content (AvgIpc) is 2.51. The largest absolute Gasteiger partial charge is 0.312 e. The van der Waals surface area contributed by atoms with Gasteiger partial charge in [-0.2, -0.15) is 0 Å². The zero-order chi connectivity index (χ0) is 10.3. The highest BCUT2D eigenvalue weighted by atomic mass is 35.5. The minimum atomic E-state index is 0.0481. The molecule has 2 rings (SSSR count). The van der Waals surface area contributed by atoms with E-state index in [1.807, 2.05) is 4.57 Å². The number of pyridine rings is 1. The maximum absolute atomic E-state index is 11.6. The molecule has 0 amide bonds. The third-order valence-corrected chi connectivity index (χ3v) is 3.10. The third-order valence-electron chi connectivity index (χ3n) is 2.78. The van der Waals surface area contributed by atoms with Crippen molar-refractivity contribution in [2.75, 3.05) is 0 Å². The summed E-state index contributed by atoms with van der Waals surface area (Å²) in [7, 11) is 0. The monoisotopic (exact) mass is 211 g/mol. The summed E-state index contributed by atoms with van der Waals surface area (Å²) in [5.41, 5.74) is 2.35. The molecule has 0 bridgehead atoms. The molecule has 1 aliphatic heterocycles. The minimum Gasteiger partial charge on any atom is -0.312 e. The van der Waals surface area contributed by atoms with Gasteiger partial charge in [0.2, 0.25) is 0 Å². The number of rotatable bonds is 1. The molecule has 0 radical (unpaired) electrons. The highest BCUT2D eigenvalue weighted by Gasteiger charge is 2.20. The van der Waals surface area contributed by atoms with Crippen LogP contribution < -0.4 is 5.56 Å². The molecule has 2 nitrogen and oxygen atoms in total. The Bertz CT molecular complexity index is 420. The third kappa shape index (κ3) is 1.38. The van der Waals surface area contributed by atoms with E-state index in [-0.39, 0.29) is 5.56 Å². The summed E-state index contributed by atoms with van der Waals surface area (Å²) >= 11 is 6.09. The molecule has 14 heavy (non-hydrogen) atoms. The fourth-order valence-corrected chi connectivity index (χ4v) is 2.63. The summed E-state index contributed by atoms with van der Waals surface area (Å²) in [5.74, 6) is 0.391. The van der Waals surface area contributed by atoms with Crippen molar-refractivity contribution in [3.63, 3.8) is 0 Å². The van der Waals surface area contributed by atoms with Crippen LogP contribution in [0.4, 0.5) is 0 Å². The topological polar surface area (TPSA) is 22.0 Å². The van der Waals surface area contributed by atoms with Crippen molar-refractivity contribution in [1.29, 1.82) is 0 Å². The van der Waals surface area contributed by atoms with Gasteiger partial charge in [-0.15, -0.1) is 0 Å². The molecular formula is C11H14ClNO. The molecule has 0 saturated heterocycles. The van der Waals surface area contributed by atoms with Gasteiger partial charge < -0.3 is 4.57 Å². The van der Waals surface area contributed by atoms with Crippen LogP contribution in [0, 0.1) is 0 Å². The molecule has 1 aromatic rings. The second-order valence-electron chi connectivity index (χ2n) is 4.10. The van der Waals surface area contributed by atoms with Crippen LogP contribution in [0.15, 0.2) is 10.9 Å². The van der Waals surface area contributed by atoms with E-state index in [0.717, 1.165) is 30.6 Å². The highest BCUT2D eigenvalue weighted by Crippen LogP contribution is 2.29. The number of halogens is 1. The lowest BCUT2D eigenvalue weighted by molar-refractivity contribution is 0.711. The SMILES string of the molecule is CC(C)c1c(Cl)cc(=O)n2c1CCC2. The fourth-order valence-electron chi connectivity index (χ4n) is 2.21. The van der Waals surface area contributed by atoms with Gasteiger partial charge in [-0.25, -0.2) is 0 Å². The number of aromatic nitrogens is 1. The zero-order valence-corrected chi connectivity index (χ0v) is 9.27. The lowest BCUT2D eigenvalue weighted by Crippen LogP contribution is -2.20. The predicted octanol–water partition coefficient (Wildman–Crippen LogP) is 2.57. The van der Waals surface area contributed by atoms with Crippen LogP contribution in [0.5, 0.6) is 0 Å². The summed E-state index contributed by atoms with van der Waals surface area (Å²) in [6.07, 6.45) is 2.05. The van der Waals surface area contributed by atoms with Crippen LogP contribution in [0.1, 0.15) is 37.4 Å². The molecule has 0 saturated carbocycles. The van der Waals surface area contributed by atoms with Crippen LogP contribution in [0.25, 0.3) is 0 Å². The summed E-state index contributed by atoms with van der Waals surface area (Å²) < 4.78 is 1.86. The maximum Gasteiger partial charge on any atom is 0.252 e. The van der Waals surface area contributed by atoms with E-state index in [1.54, 1.807) is 6.07 Å². The Hall–Kier alpha value is -0.760. The van der Waals surface area contributed by atoms with Crippen molar-refractivity contribution in [1.82, 2.24) is 4.57 Å². The molecule has 2 heterocycles. The van der Waals surface area contributed by atoms with E-state index in [2.05, 4.69) is 13.8 Å². The second-order valence-corrected chi connectivity index (χ2v) is 4.51. The second kappa shape index (κ2) is 3.43. The molecule has 0 atom stereocenters. The molecule has 0 aromatic carbocycles. The molecule has 0 unspecified atom stereocenters.